The van der Waals surface area contributed by atoms with Crippen LogP contribution in [0.15, 0.2) is 0 Å². The van der Waals surface area contributed by atoms with Crippen molar-refractivity contribution in [1.82, 2.24) is 0 Å². The zero-order valence-electron chi connectivity index (χ0n) is 7.26. The fourth-order valence-electron chi connectivity index (χ4n) is 0.593. The minimum absolute atomic E-state index is 0.340. The fourth-order valence-corrected chi connectivity index (χ4v) is 1.49. The number of hydrogen-bond donors (Lipinski definition) is 0. The van der Waals surface area contributed by atoms with Crippen molar-refractivity contribution in [1.29, 1.82) is 0 Å². The molecule has 0 aliphatic carbocycles. The Balaban J connectivity index is 2.95. The third-order valence-corrected chi connectivity index (χ3v) is 2.40. The Morgan fingerprint density at radius 1 is 1.55 bits per heavy atom. The lowest BCUT2D eigenvalue weighted by atomic mass is 10.4. The Bertz CT molecular complexity index is 104. The van der Waals surface area contributed by atoms with Gasteiger partial charge in [0.05, 0.1) is 5.75 Å². The van der Waals surface area contributed by atoms with Gasteiger partial charge in [0.1, 0.15) is 5.78 Å². The summed E-state index contributed by atoms with van der Waals surface area (Å²) in [4.78, 5) is 10.8. The maximum atomic E-state index is 10.8. The number of carbonyl (C=O) groups excluding carboxylic acids is 1. The lowest BCUT2D eigenvalue weighted by Crippen LogP contribution is -2.00. The average Bonchev–Trinajstić information content (AvgIpc) is 2.04. The summed E-state index contributed by atoms with van der Waals surface area (Å²) < 4.78 is 4.88. The van der Waals surface area contributed by atoms with Gasteiger partial charge in [-0.05, 0) is 12.2 Å². The van der Waals surface area contributed by atoms with E-state index in [0.29, 0.717) is 18.0 Å². The van der Waals surface area contributed by atoms with Crippen LogP contribution in [0.1, 0.15) is 19.8 Å². The second-order valence-electron chi connectivity index (χ2n) is 2.29. The molecule has 0 atom stereocenters. The van der Waals surface area contributed by atoms with Gasteiger partial charge >= 0.3 is 0 Å². The number of ketones is 1. The summed E-state index contributed by atoms with van der Waals surface area (Å²) in [6.45, 7) is 2.70. The molecule has 0 N–H and O–H groups in total. The van der Waals surface area contributed by atoms with Crippen LogP contribution >= 0.6 is 11.8 Å². The van der Waals surface area contributed by atoms with Crippen LogP contribution in [0.3, 0.4) is 0 Å². The lowest BCUT2D eigenvalue weighted by Gasteiger charge is -1.98. The van der Waals surface area contributed by atoms with Crippen LogP contribution < -0.4 is 0 Å². The van der Waals surface area contributed by atoms with Crippen LogP contribution in [0.5, 0.6) is 0 Å². The highest BCUT2D eigenvalue weighted by atomic mass is 32.2. The highest BCUT2D eigenvalue weighted by Gasteiger charge is 1.96. The smallest absolute Gasteiger partial charge is 0.142 e. The van der Waals surface area contributed by atoms with Crippen LogP contribution in [0.4, 0.5) is 0 Å². The largest absolute Gasteiger partial charge is 0.385 e. The summed E-state index contributed by atoms with van der Waals surface area (Å²) in [5.74, 6) is 2.03. The van der Waals surface area contributed by atoms with Crippen molar-refractivity contribution in [3.05, 3.63) is 0 Å². The molecule has 0 radical (unpaired) electrons. The molecule has 0 aliphatic rings. The summed E-state index contributed by atoms with van der Waals surface area (Å²) >= 11 is 1.70. The van der Waals surface area contributed by atoms with Gasteiger partial charge < -0.3 is 4.74 Å². The van der Waals surface area contributed by atoms with Crippen molar-refractivity contribution in [2.75, 3.05) is 25.2 Å². The second-order valence-corrected chi connectivity index (χ2v) is 3.40. The Hall–Kier alpha value is -0.0200. The van der Waals surface area contributed by atoms with Crippen molar-refractivity contribution < 1.29 is 9.53 Å². The van der Waals surface area contributed by atoms with Crippen molar-refractivity contribution in [2.45, 2.75) is 19.8 Å². The first-order chi connectivity index (χ1) is 5.31. The van der Waals surface area contributed by atoms with Gasteiger partial charge in [-0.15, -0.1) is 0 Å². The van der Waals surface area contributed by atoms with Crippen LogP contribution in [-0.4, -0.2) is 31.0 Å². The van der Waals surface area contributed by atoms with Crippen molar-refractivity contribution in [3.63, 3.8) is 0 Å². The number of hydrogen-bond acceptors (Lipinski definition) is 3. The van der Waals surface area contributed by atoms with Gasteiger partial charge in [0.2, 0.25) is 0 Å². The van der Waals surface area contributed by atoms with Crippen LogP contribution in [0.25, 0.3) is 0 Å². The minimum atomic E-state index is 0.340. The van der Waals surface area contributed by atoms with Crippen LogP contribution in [0, 0.1) is 0 Å². The van der Waals surface area contributed by atoms with Crippen molar-refractivity contribution in [2.24, 2.45) is 0 Å². The Morgan fingerprint density at radius 3 is 2.82 bits per heavy atom. The first-order valence-corrected chi connectivity index (χ1v) is 5.05. The molecule has 3 heteroatoms. The van der Waals surface area contributed by atoms with Crippen LogP contribution in [-0.2, 0) is 9.53 Å². The molecule has 0 unspecified atom stereocenters. The van der Waals surface area contributed by atoms with Crippen molar-refractivity contribution >= 4 is 17.5 Å². The molecule has 0 aromatic rings. The number of Topliss-reactive ketones (excluding diaryl/α,β-unsaturated/α-hetero) is 1. The highest BCUT2D eigenvalue weighted by Crippen LogP contribution is 2.03. The first kappa shape index (κ1) is 11.0. The summed E-state index contributed by atoms with van der Waals surface area (Å²) in [6, 6.07) is 0. The predicted molar refractivity (Wildman–Crippen MR) is 49.1 cm³/mol. The summed E-state index contributed by atoms with van der Waals surface area (Å²) in [5, 5.41) is 0. The number of carbonyl (C=O) groups is 1. The quantitative estimate of drug-likeness (QED) is 0.553. The van der Waals surface area contributed by atoms with Gasteiger partial charge in [0.25, 0.3) is 0 Å². The first-order valence-electron chi connectivity index (χ1n) is 3.89. The molecule has 0 aromatic carbocycles. The molecule has 0 heterocycles. The van der Waals surface area contributed by atoms with E-state index >= 15 is 0 Å². The average molecular weight is 176 g/mol. The van der Waals surface area contributed by atoms with Gasteiger partial charge in [-0.2, -0.15) is 11.8 Å². The van der Waals surface area contributed by atoms with E-state index in [1.165, 1.54) is 0 Å². The van der Waals surface area contributed by atoms with E-state index in [2.05, 4.69) is 0 Å². The molecular weight excluding hydrogens is 160 g/mol. The fraction of sp³-hybridized carbons (Fsp3) is 0.875. The molecule has 0 aromatic heterocycles. The monoisotopic (exact) mass is 176 g/mol. The maximum absolute atomic E-state index is 10.8. The van der Waals surface area contributed by atoms with E-state index in [9.17, 15) is 4.79 Å². The van der Waals surface area contributed by atoms with E-state index in [0.717, 1.165) is 18.8 Å². The predicted octanol–water partition coefficient (Wildman–Crippen LogP) is 1.74. The van der Waals surface area contributed by atoms with Gasteiger partial charge in [-0.1, -0.05) is 6.92 Å². The third kappa shape index (κ3) is 7.88. The van der Waals surface area contributed by atoms with E-state index < -0.39 is 0 Å². The summed E-state index contributed by atoms with van der Waals surface area (Å²) in [5.41, 5.74) is 0. The SMILES string of the molecule is CCC(=O)CSCCCOC. The molecular formula is C8H16O2S. The number of methoxy groups -OCH3 is 1. The van der Waals surface area contributed by atoms with Crippen molar-refractivity contribution in [3.8, 4) is 0 Å². The number of thioether (sulfide) groups is 1. The molecule has 0 fully saturated rings. The third-order valence-electron chi connectivity index (χ3n) is 1.29. The van der Waals surface area contributed by atoms with E-state index in [1.54, 1.807) is 18.9 Å². The standard InChI is InChI=1S/C8H16O2S/c1-3-8(9)7-11-6-4-5-10-2/h3-7H2,1-2H3. The molecule has 2 nitrogen and oxygen atoms in total. The van der Waals surface area contributed by atoms with E-state index in [-0.39, 0.29) is 0 Å². The molecule has 0 bridgehead atoms. The molecule has 11 heavy (non-hydrogen) atoms. The van der Waals surface area contributed by atoms with Gasteiger partial charge in [0, 0.05) is 20.1 Å². The number of ether oxygens (including phenoxy) is 1. The van der Waals surface area contributed by atoms with Gasteiger partial charge in [0.15, 0.2) is 0 Å². The second kappa shape index (κ2) is 8.08. The van der Waals surface area contributed by atoms with Gasteiger partial charge in [-0.25, -0.2) is 0 Å². The zero-order valence-corrected chi connectivity index (χ0v) is 8.08. The lowest BCUT2D eigenvalue weighted by molar-refractivity contribution is -0.116. The topological polar surface area (TPSA) is 26.3 Å². The highest BCUT2D eigenvalue weighted by molar-refractivity contribution is 7.99. The Morgan fingerprint density at radius 2 is 2.27 bits per heavy atom. The van der Waals surface area contributed by atoms with Crippen LogP contribution in [0.2, 0.25) is 0 Å². The molecule has 0 rings (SSSR count). The molecule has 0 saturated carbocycles. The maximum Gasteiger partial charge on any atom is 0.142 e. The van der Waals surface area contributed by atoms with Gasteiger partial charge in [-0.3, -0.25) is 4.79 Å². The molecule has 0 amide bonds. The Labute approximate surface area is 72.7 Å². The normalized spacial score (nSPS) is 10.0. The summed E-state index contributed by atoms with van der Waals surface area (Å²) in [7, 11) is 1.70. The van der Waals surface area contributed by atoms with E-state index in [1.807, 2.05) is 6.92 Å². The molecule has 66 valence electrons. The van der Waals surface area contributed by atoms with E-state index in [4.69, 9.17) is 4.74 Å². The Kier molecular flexibility index (Phi) is 8.07. The minimum Gasteiger partial charge on any atom is -0.385 e. The molecule has 0 aliphatic heterocycles. The number of rotatable bonds is 7. The molecule has 0 saturated heterocycles. The molecule has 0 spiro atoms. The summed E-state index contributed by atoms with van der Waals surface area (Å²) in [6.07, 6.45) is 1.70. The zero-order chi connectivity index (χ0) is 8.53.